The zero-order chi connectivity index (χ0) is 21.6. The summed E-state index contributed by atoms with van der Waals surface area (Å²) >= 11 is 0. The molecule has 0 radical (unpaired) electrons. The first-order valence-corrected chi connectivity index (χ1v) is 11.0. The number of hydrogen-bond donors (Lipinski definition) is 1. The van der Waals surface area contributed by atoms with Crippen molar-refractivity contribution in [2.75, 3.05) is 17.1 Å². The van der Waals surface area contributed by atoms with Crippen LogP contribution in [0.5, 0.6) is 0 Å². The van der Waals surface area contributed by atoms with Gasteiger partial charge in [-0.2, -0.15) is 0 Å². The van der Waals surface area contributed by atoms with Gasteiger partial charge in [0, 0.05) is 12.1 Å². The van der Waals surface area contributed by atoms with E-state index < -0.39 is 27.4 Å². The predicted molar refractivity (Wildman–Crippen MR) is 112 cm³/mol. The maximum atomic E-state index is 12.7. The van der Waals surface area contributed by atoms with Gasteiger partial charge in [-0.3, -0.25) is 19.2 Å². The van der Waals surface area contributed by atoms with Crippen LogP contribution < -0.4 is 9.62 Å². The maximum Gasteiger partial charge on any atom is 0.271 e. The average Bonchev–Trinajstić information content (AvgIpc) is 2.65. The van der Waals surface area contributed by atoms with Gasteiger partial charge in [-0.05, 0) is 24.0 Å². The SMILES string of the molecule is CC(C)C[C@@H](NC(=O)CN(c1cccc([N+](=O)[O-])c1)S(C)(=O)=O)c1ccccc1. The smallest absolute Gasteiger partial charge is 0.271 e. The van der Waals surface area contributed by atoms with E-state index in [2.05, 4.69) is 5.32 Å². The minimum absolute atomic E-state index is 0.0666. The number of nitro groups is 1. The van der Waals surface area contributed by atoms with Crippen LogP contribution in [0.15, 0.2) is 54.6 Å². The van der Waals surface area contributed by atoms with Crippen molar-refractivity contribution in [3.05, 3.63) is 70.3 Å². The highest BCUT2D eigenvalue weighted by atomic mass is 32.2. The molecule has 2 rings (SSSR count). The number of hydrogen-bond acceptors (Lipinski definition) is 5. The number of carbonyl (C=O) groups is 1. The van der Waals surface area contributed by atoms with Crippen LogP contribution in [0.3, 0.4) is 0 Å². The van der Waals surface area contributed by atoms with Gasteiger partial charge in [0.15, 0.2) is 0 Å². The van der Waals surface area contributed by atoms with Gasteiger partial charge in [0.05, 0.1) is 22.9 Å². The van der Waals surface area contributed by atoms with Crippen molar-refractivity contribution in [1.29, 1.82) is 0 Å². The first-order valence-electron chi connectivity index (χ1n) is 9.14. The van der Waals surface area contributed by atoms with Crippen molar-refractivity contribution in [1.82, 2.24) is 5.32 Å². The summed E-state index contributed by atoms with van der Waals surface area (Å²) in [6.45, 7) is 3.60. The highest BCUT2D eigenvalue weighted by molar-refractivity contribution is 7.92. The van der Waals surface area contributed by atoms with Gasteiger partial charge in [0.1, 0.15) is 6.54 Å². The first kappa shape index (κ1) is 22.4. The summed E-state index contributed by atoms with van der Waals surface area (Å²) in [7, 11) is -3.83. The van der Waals surface area contributed by atoms with Crippen LogP contribution >= 0.6 is 0 Å². The number of benzene rings is 2. The minimum atomic E-state index is -3.83. The summed E-state index contributed by atoms with van der Waals surface area (Å²) in [6, 6.07) is 14.4. The first-order chi connectivity index (χ1) is 13.6. The standard InChI is InChI=1S/C20H25N3O5S/c1-15(2)12-19(16-8-5-4-6-9-16)21-20(24)14-22(29(3,27)28)17-10-7-11-18(13-17)23(25)26/h4-11,13,15,19H,12,14H2,1-3H3,(H,21,24)/t19-/m1/s1. The molecule has 1 amide bonds. The molecule has 1 atom stereocenters. The lowest BCUT2D eigenvalue weighted by Crippen LogP contribution is -2.41. The Labute approximate surface area is 170 Å². The Bertz CT molecular complexity index is 961. The fraction of sp³-hybridized carbons (Fsp3) is 0.350. The summed E-state index contributed by atoms with van der Waals surface area (Å²) in [6.07, 6.45) is 1.65. The molecule has 0 aromatic heterocycles. The summed E-state index contributed by atoms with van der Waals surface area (Å²) in [5.74, 6) is -0.181. The van der Waals surface area contributed by atoms with Crippen molar-refractivity contribution in [3.8, 4) is 0 Å². The summed E-state index contributed by atoms with van der Waals surface area (Å²) in [4.78, 5) is 23.1. The fourth-order valence-corrected chi connectivity index (χ4v) is 3.82. The Morgan fingerprint density at radius 2 is 1.79 bits per heavy atom. The van der Waals surface area contributed by atoms with Crippen LogP contribution in [0.2, 0.25) is 0 Å². The van der Waals surface area contributed by atoms with Crippen molar-refractivity contribution in [2.24, 2.45) is 5.92 Å². The molecule has 1 N–H and O–H groups in total. The summed E-state index contributed by atoms with van der Waals surface area (Å²) < 4.78 is 25.4. The number of nitrogens with zero attached hydrogens (tertiary/aromatic N) is 2. The van der Waals surface area contributed by atoms with Crippen LogP contribution in [0.25, 0.3) is 0 Å². The third kappa shape index (κ3) is 6.56. The lowest BCUT2D eigenvalue weighted by atomic mass is 9.97. The number of carbonyl (C=O) groups excluding carboxylic acids is 1. The highest BCUT2D eigenvalue weighted by Gasteiger charge is 2.24. The van der Waals surface area contributed by atoms with Gasteiger partial charge in [-0.1, -0.05) is 50.2 Å². The van der Waals surface area contributed by atoms with Crippen molar-refractivity contribution in [2.45, 2.75) is 26.3 Å². The Hall–Kier alpha value is -2.94. The highest BCUT2D eigenvalue weighted by Crippen LogP contribution is 2.24. The van der Waals surface area contributed by atoms with Crippen LogP contribution in [-0.4, -0.2) is 32.0 Å². The van der Waals surface area contributed by atoms with Crippen LogP contribution in [0, 0.1) is 16.0 Å². The van der Waals surface area contributed by atoms with E-state index in [1.165, 1.54) is 18.2 Å². The quantitative estimate of drug-likeness (QED) is 0.495. The van der Waals surface area contributed by atoms with Gasteiger partial charge in [-0.15, -0.1) is 0 Å². The van der Waals surface area contributed by atoms with Crippen molar-refractivity contribution < 1.29 is 18.1 Å². The molecule has 8 nitrogen and oxygen atoms in total. The van der Waals surface area contributed by atoms with E-state index in [1.807, 2.05) is 44.2 Å². The molecular formula is C20H25N3O5S. The number of anilines is 1. The van der Waals surface area contributed by atoms with E-state index in [0.717, 1.165) is 22.2 Å². The Morgan fingerprint density at radius 1 is 1.14 bits per heavy atom. The topological polar surface area (TPSA) is 110 Å². The molecule has 156 valence electrons. The molecule has 0 aliphatic rings. The molecule has 0 heterocycles. The molecule has 9 heteroatoms. The molecule has 0 aliphatic heterocycles. The van der Waals surface area contributed by atoms with Crippen molar-refractivity contribution in [3.63, 3.8) is 0 Å². The van der Waals surface area contributed by atoms with E-state index in [1.54, 1.807) is 0 Å². The molecule has 0 aliphatic carbocycles. The number of rotatable bonds is 9. The second-order valence-corrected chi connectivity index (χ2v) is 9.11. The molecule has 0 bridgehead atoms. The van der Waals surface area contributed by atoms with Crippen molar-refractivity contribution >= 4 is 27.3 Å². The Morgan fingerprint density at radius 3 is 2.34 bits per heavy atom. The van der Waals surface area contributed by atoms with Crippen LogP contribution in [-0.2, 0) is 14.8 Å². The zero-order valence-electron chi connectivity index (χ0n) is 16.6. The second-order valence-electron chi connectivity index (χ2n) is 7.21. The van der Waals surface area contributed by atoms with Crippen LogP contribution in [0.4, 0.5) is 11.4 Å². The lowest BCUT2D eigenvalue weighted by Gasteiger charge is -2.25. The van der Waals surface area contributed by atoms with Gasteiger partial charge >= 0.3 is 0 Å². The van der Waals surface area contributed by atoms with E-state index >= 15 is 0 Å². The predicted octanol–water partition coefficient (Wildman–Crippen LogP) is 3.26. The number of non-ortho nitro benzene ring substituents is 1. The third-order valence-corrected chi connectivity index (χ3v) is 5.40. The molecule has 29 heavy (non-hydrogen) atoms. The average molecular weight is 420 g/mol. The molecular weight excluding hydrogens is 394 g/mol. The third-order valence-electron chi connectivity index (χ3n) is 4.26. The number of sulfonamides is 1. The second kappa shape index (κ2) is 9.51. The molecule has 0 unspecified atom stereocenters. The maximum absolute atomic E-state index is 12.7. The molecule has 0 fully saturated rings. The van der Waals surface area contributed by atoms with Gasteiger partial charge < -0.3 is 5.32 Å². The summed E-state index contributed by atoms with van der Waals surface area (Å²) in [5, 5.41) is 13.9. The van der Waals surface area contributed by atoms with E-state index in [9.17, 15) is 23.3 Å². The Kier molecular flexibility index (Phi) is 7.33. The lowest BCUT2D eigenvalue weighted by molar-refractivity contribution is -0.384. The molecule has 0 saturated heterocycles. The van der Waals surface area contributed by atoms with Crippen LogP contribution in [0.1, 0.15) is 31.9 Å². The number of amides is 1. The normalized spacial score (nSPS) is 12.4. The number of nitro benzene ring substituents is 1. The molecule has 2 aromatic rings. The van der Waals surface area contributed by atoms with E-state index in [-0.39, 0.29) is 17.4 Å². The molecule has 2 aromatic carbocycles. The monoisotopic (exact) mass is 419 g/mol. The molecule has 0 saturated carbocycles. The van der Waals surface area contributed by atoms with E-state index in [0.29, 0.717) is 12.3 Å². The van der Waals surface area contributed by atoms with Gasteiger partial charge in [0.25, 0.3) is 5.69 Å². The summed E-state index contributed by atoms with van der Waals surface area (Å²) in [5.41, 5.74) is 0.742. The minimum Gasteiger partial charge on any atom is -0.348 e. The van der Waals surface area contributed by atoms with Gasteiger partial charge in [-0.25, -0.2) is 8.42 Å². The van der Waals surface area contributed by atoms with Gasteiger partial charge in [0.2, 0.25) is 15.9 Å². The fourth-order valence-electron chi connectivity index (χ4n) is 2.97. The molecule has 0 spiro atoms. The zero-order valence-corrected chi connectivity index (χ0v) is 17.4. The largest absolute Gasteiger partial charge is 0.348 e. The van der Waals surface area contributed by atoms with E-state index in [4.69, 9.17) is 0 Å². The number of nitrogens with one attached hydrogen (secondary N) is 1. The Balaban J connectivity index is 2.25.